The number of pyridine rings is 1. The van der Waals surface area contributed by atoms with Crippen molar-refractivity contribution in [3.8, 4) is 0 Å². The van der Waals surface area contributed by atoms with Crippen molar-refractivity contribution in [3.63, 3.8) is 0 Å². The highest BCUT2D eigenvalue weighted by molar-refractivity contribution is 5.93. The van der Waals surface area contributed by atoms with Gasteiger partial charge in [-0.2, -0.15) is 0 Å². The van der Waals surface area contributed by atoms with E-state index in [0.717, 1.165) is 24.3 Å². The third-order valence-electron chi connectivity index (χ3n) is 4.79. The topological polar surface area (TPSA) is 65.5 Å². The molecule has 1 saturated heterocycles. The molecule has 1 aliphatic rings. The lowest BCUT2D eigenvalue weighted by Crippen LogP contribution is -2.49. The van der Waals surface area contributed by atoms with Gasteiger partial charge in [0.15, 0.2) is 0 Å². The number of benzene rings is 1. The van der Waals surface area contributed by atoms with Crippen molar-refractivity contribution in [3.05, 3.63) is 59.4 Å². The first-order valence-corrected chi connectivity index (χ1v) is 9.39. The SMILES string of the molecule is CCNC(=O)c1cc(N2CCN(C(=O)Cc3ccc(C)cc3)CC2)ccn1. The number of hydrogen-bond acceptors (Lipinski definition) is 4. The van der Waals surface area contributed by atoms with E-state index in [-0.39, 0.29) is 11.8 Å². The van der Waals surface area contributed by atoms with E-state index in [4.69, 9.17) is 0 Å². The second-order valence-electron chi connectivity index (χ2n) is 6.79. The van der Waals surface area contributed by atoms with Gasteiger partial charge in [-0.15, -0.1) is 0 Å². The van der Waals surface area contributed by atoms with Crippen LogP contribution in [0.15, 0.2) is 42.6 Å². The molecule has 6 nitrogen and oxygen atoms in total. The Bertz CT molecular complexity index is 796. The summed E-state index contributed by atoms with van der Waals surface area (Å²) in [6.07, 6.45) is 2.10. The van der Waals surface area contributed by atoms with Crippen LogP contribution >= 0.6 is 0 Å². The molecule has 1 aromatic carbocycles. The first kappa shape index (κ1) is 18.9. The largest absolute Gasteiger partial charge is 0.368 e. The van der Waals surface area contributed by atoms with Crippen molar-refractivity contribution in [2.75, 3.05) is 37.6 Å². The van der Waals surface area contributed by atoms with Crippen LogP contribution in [0, 0.1) is 6.92 Å². The van der Waals surface area contributed by atoms with Gasteiger partial charge in [-0.3, -0.25) is 14.6 Å². The van der Waals surface area contributed by atoms with Crippen LogP contribution in [-0.4, -0.2) is 54.4 Å². The summed E-state index contributed by atoms with van der Waals surface area (Å²) < 4.78 is 0. The van der Waals surface area contributed by atoms with Gasteiger partial charge in [0.05, 0.1) is 6.42 Å². The highest BCUT2D eigenvalue weighted by Gasteiger charge is 2.22. The van der Waals surface area contributed by atoms with Gasteiger partial charge >= 0.3 is 0 Å². The summed E-state index contributed by atoms with van der Waals surface area (Å²) in [6.45, 7) is 7.37. The lowest BCUT2D eigenvalue weighted by Gasteiger charge is -2.36. The fourth-order valence-electron chi connectivity index (χ4n) is 3.20. The lowest BCUT2D eigenvalue weighted by atomic mass is 10.1. The van der Waals surface area contributed by atoms with Crippen LogP contribution in [-0.2, 0) is 11.2 Å². The maximum absolute atomic E-state index is 12.6. The van der Waals surface area contributed by atoms with E-state index >= 15 is 0 Å². The molecule has 0 radical (unpaired) electrons. The maximum atomic E-state index is 12.6. The van der Waals surface area contributed by atoms with Crippen LogP contribution in [0.5, 0.6) is 0 Å². The molecular formula is C21H26N4O2. The van der Waals surface area contributed by atoms with Gasteiger partial charge in [-0.05, 0) is 31.5 Å². The van der Waals surface area contributed by atoms with Crippen LogP contribution in [0.3, 0.4) is 0 Å². The highest BCUT2D eigenvalue weighted by Crippen LogP contribution is 2.17. The van der Waals surface area contributed by atoms with Gasteiger partial charge in [0.1, 0.15) is 5.69 Å². The van der Waals surface area contributed by atoms with E-state index in [1.54, 1.807) is 6.20 Å². The number of anilines is 1. The Kier molecular flexibility index (Phi) is 6.06. The second kappa shape index (κ2) is 8.66. The summed E-state index contributed by atoms with van der Waals surface area (Å²) in [4.78, 5) is 32.8. The monoisotopic (exact) mass is 366 g/mol. The molecule has 0 aliphatic carbocycles. The van der Waals surface area contributed by atoms with E-state index in [1.165, 1.54) is 5.56 Å². The van der Waals surface area contributed by atoms with Crippen molar-refractivity contribution in [1.82, 2.24) is 15.2 Å². The molecule has 142 valence electrons. The van der Waals surface area contributed by atoms with Gasteiger partial charge in [0.25, 0.3) is 5.91 Å². The number of aryl methyl sites for hydroxylation is 1. The standard InChI is InChI=1S/C21H26N4O2/c1-3-22-21(27)19-15-18(8-9-23-19)24-10-12-25(13-11-24)20(26)14-17-6-4-16(2)5-7-17/h4-9,15H,3,10-14H2,1-2H3,(H,22,27). The van der Waals surface area contributed by atoms with Crippen molar-refractivity contribution in [2.24, 2.45) is 0 Å². The number of nitrogens with one attached hydrogen (secondary N) is 1. The molecule has 0 unspecified atom stereocenters. The number of carbonyl (C=O) groups is 2. The summed E-state index contributed by atoms with van der Waals surface area (Å²) in [7, 11) is 0. The molecule has 1 aromatic heterocycles. The van der Waals surface area contributed by atoms with Crippen molar-refractivity contribution in [1.29, 1.82) is 0 Å². The quantitative estimate of drug-likeness (QED) is 0.879. The van der Waals surface area contributed by atoms with Crippen LogP contribution in [0.25, 0.3) is 0 Å². The summed E-state index contributed by atoms with van der Waals surface area (Å²) in [5, 5.41) is 2.77. The number of aromatic nitrogens is 1. The Morgan fingerprint density at radius 1 is 1.07 bits per heavy atom. The van der Waals surface area contributed by atoms with Crippen LogP contribution in [0.2, 0.25) is 0 Å². The Morgan fingerprint density at radius 2 is 1.78 bits per heavy atom. The van der Waals surface area contributed by atoms with Gasteiger partial charge in [-0.1, -0.05) is 29.8 Å². The van der Waals surface area contributed by atoms with Crippen LogP contribution in [0.4, 0.5) is 5.69 Å². The minimum Gasteiger partial charge on any atom is -0.368 e. The average molecular weight is 366 g/mol. The predicted octanol–water partition coefficient (Wildman–Crippen LogP) is 2.03. The fraction of sp³-hybridized carbons (Fsp3) is 0.381. The smallest absolute Gasteiger partial charge is 0.269 e. The Morgan fingerprint density at radius 3 is 2.44 bits per heavy atom. The Balaban J connectivity index is 1.57. The predicted molar refractivity (Wildman–Crippen MR) is 106 cm³/mol. The number of nitrogens with zero attached hydrogens (tertiary/aromatic N) is 3. The van der Waals surface area contributed by atoms with E-state index in [9.17, 15) is 9.59 Å². The number of rotatable bonds is 5. The zero-order chi connectivity index (χ0) is 19.2. The number of amides is 2. The molecule has 2 heterocycles. The Labute approximate surface area is 160 Å². The van der Waals surface area contributed by atoms with E-state index in [0.29, 0.717) is 31.7 Å². The third-order valence-corrected chi connectivity index (χ3v) is 4.79. The molecule has 1 fully saturated rings. The van der Waals surface area contributed by atoms with Gasteiger partial charge in [0, 0.05) is 44.6 Å². The maximum Gasteiger partial charge on any atom is 0.269 e. The molecule has 0 bridgehead atoms. The zero-order valence-electron chi connectivity index (χ0n) is 15.9. The summed E-state index contributed by atoms with van der Waals surface area (Å²) >= 11 is 0. The van der Waals surface area contributed by atoms with Crippen molar-refractivity contribution >= 4 is 17.5 Å². The second-order valence-corrected chi connectivity index (χ2v) is 6.79. The molecule has 3 rings (SSSR count). The third kappa shape index (κ3) is 4.84. The molecule has 0 atom stereocenters. The van der Waals surface area contributed by atoms with Crippen LogP contribution < -0.4 is 10.2 Å². The summed E-state index contributed by atoms with van der Waals surface area (Å²) in [5.41, 5.74) is 3.64. The van der Waals surface area contributed by atoms with E-state index < -0.39 is 0 Å². The van der Waals surface area contributed by atoms with Gasteiger partial charge < -0.3 is 15.1 Å². The first-order chi connectivity index (χ1) is 13.1. The molecular weight excluding hydrogens is 340 g/mol. The molecule has 27 heavy (non-hydrogen) atoms. The molecule has 2 aromatic rings. The van der Waals surface area contributed by atoms with Crippen molar-refractivity contribution in [2.45, 2.75) is 20.3 Å². The number of piperazine rings is 1. The van der Waals surface area contributed by atoms with E-state index in [1.807, 2.05) is 55.1 Å². The Hall–Kier alpha value is -2.89. The molecule has 1 aliphatic heterocycles. The van der Waals surface area contributed by atoms with Gasteiger partial charge in [0.2, 0.25) is 5.91 Å². The molecule has 0 spiro atoms. The summed E-state index contributed by atoms with van der Waals surface area (Å²) in [5.74, 6) is 0.00232. The summed E-state index contributed by atoms with van der Waals surface area (Å²) in [6, 6.07) is 11.8. The zero-order valence-corrected chi connectivity index (χ0v) is 15.9. The lowest BCUT2D eigenvalue weighted by molar-refractivity contribution is -0.130. The average Bonchev–Trinajstić information content (AvgIpc) is 2.70. The first-order valence-electron chi connectivity index (χ1n) is 9.39. The fourth-order valence-corrected chi connectivity index (χ4v) is 3.20. The highest BCUT2D eigenvalue weighted by atomic mass is 16.2. The molecule has 0 saturated carbocycles. The minimum absolute atomic E-state index is 0.161. The van der Waals surface area contributed by atoms with Crippen LogP contribution in [0.1, 0.15) is 28.5 Å². The molecule has 1 N–H and O–H groups in total. The number of carbonyl (C=O) groups excluding carboxylic acids is 2. The van der Waals surface area contributed by atoms with Gasteiger partial charge in [-0.25, -0.2) is 0 Å². The van der Waals surface area contributed by atoms with Crippen molar-refractivity contribution < 1.29 is 9.59 Å². The molecule has 2 amide bonds. The normalized spacial score (nSPS) is 14.1. The van der Waals surface area contributed by atoms with E-state index in [2.05, 4.69) is 15.2 Å². The number of hydrogen-bond donors (Lipinski definition) is 1. The molecule has 6 heteroatoms. The minimum atomic E-state index is -0.161.